The number of hydrogen-bond donors (Lipinski definition) is 1. The zero-order chi connectivity index (χ0) is 23.1. The number of benzene rings is 3. The summed E-state index contributed by atoms with van der Waals surface area (Å²) in [5.41, 5.74) is 4.56. The highest BCUT2D eigenvalue weighted by atomic mass is 127. The summed E-state index contributed by atoms with van der Waals surface area (Å²) in [6, 6.07) is 23.1. The van der Waals surface area contributed by atoms with Crippen molar-refractivity contribution in [3.8, 4) is 5.75 Å². The van der Waals surface area contributed by atoms with E-state index in [1.54, 1.807) is 11.8 Å². The van der Waals surface area contributed by atoms with Crippen LogP contribution in [0.5, 0.6) is 5.75 Å². The van der Waals surface area contributed by atoms with E-state index in [2.05, 4.69) is 106 Å². The number of carbonyl (C=O) groups is 1. The van der Waals surface area contributed by atoms with E-state index in [-0.39, 0.29) is 0 Å². The third-order valence-electron chi connectivity index (χ3n) is 4.91. The van der Waals surface area contributed by atoms with Gasteiger partial charge in [0.05, 0.1) is 0 Å². The van der Waals surface area contributed by atoms with Crippen molar-refractivity contribution in [2.24, 2.45) is 0 Å². The first kappa shape index (κ1) is 25.1. The van der Waals surface area contributed by atoms with Crippen LogP contribution in [0.4, 0.5) is 0 Å². The molecule has 0 amide bonds. The summed E-state index contributed by atoms with van der Waals surface area (Å²) in [5, 5.41) is 9.23. The van der Waals surface area contributed by atoms with Gasteiger partial charge in [-0.3, -0.25) is 0 Å². The summed E-state index contributed by atoms with van der Waals surface area (Å²) in [4.78, 5) is 12.4. The van der Waals surface area contributed by atoms with Crippen LogP contribution in [0.1, 0.15) is 30.0 Å². The molecule has 1 atom stereocenters. The zero-order valence-electron chi connectivity index (χ0n) is 17.8. The predicted octanol–water partition coefficient (Wildman–Crippen LogP) is 7.67. The van der Waals surface area contributed by atoms with Crippen molar-refractivity contribution < 1.29 is 14.6 Å². The van der Waals surface area contributed by atoms with Crippen LogP contribution in [0.25, 0.3) is 5.57 Å². The van der Waals surface area contributed by atoms with Gasteiger partial charge in [0.2, 0.25) is 0 Å². The SMILES string of the molecule is CCC(Oc1ccc(SCC=C(c2ccc(I)cc2)c2ccc(I)cc2)cc1C)C(=O)O. The lowest BCUT2D eigenvalue weighted by atomic mass is 9.98. The van der Waals surface area contributed by atoms with Crippen LogP contribution in [-0.4, -0.2) is 22.9 Å². The quantitative estimate of drug-likeness (QED) is 0.188. The Morgan fingerprint density at radius 3 is 2.03 bits per heavy atom. The number of carboxylic acids is 1. The molecule has 0 saturated heterocycles. The summed E-state index contributed by atoms with van der Waals surface area (Å²) >= 11 is 6.40. The fourth-order valence-corrected chi connectivity index (χ4v) is 4.77. The van der Waals surface area contributed by atoms with Gasteiger partial charge in [0.1, 0.15) is 5.75 Å². The molecule has 3 aromatic rings. The van der Waals surface area contributed by atoms with Crippen molar-refractivity contribution in [2.75, 3.05) is 5.75 Å². The standard InChI is InChI=1S/C26H24I2O3S/c1-3-24(26(29)30)31-25-13-12-22(16-17(25)2)32-15-14-23(18-4-8-20(27)9-5-18)19-6-10-21(28)11-7-19/h4-14,16,24H,3,15H2,1-2H3,(H,29,30). The van der Waals surface area contributed by atoms with E-state index >= 15 is 0 Å². The number of aryl methyl sites for hydroxylation is 1. The summed E-state index contributed by atoms with van der Waals surface area (Å²) in [7, 11) is 0. The predicted molar refractivity (Wildman–Crippen MR) is 150 cm³/mol. The highest BCUT2D eigenvalue weighted by molar-refractivity contribution is 14.1. The molecule has 32 heavy (non-hydrogen) atoms. The van der Waals surface area contributed by atoms with Gasteiger partial charge in [0.25, 0.3) is 0 Å². The topological polar surface area (TPSA) is 46.5 Å². The monoisotopic (exact) mass is 670 g/mol. The molecule has 3 rings (SSSR count). The van der Waals surface area contributed by atoms with E-state index in [9.17, 15) is 9.90 Å². The Bertz CT molecular complexity index is 1050. The Labute approximate surface area is 220 Å². The van der Waals surface area contributed by atoms with E-state index in [4.69, 9.17) is 4.74 Å². The molecule has 6 heteroatoms. The molecule has 0 saturated carbocycles. The third kappa shape index (κ3) is 6.99. The second-order valence-electron chi connectivity index (χ2n) is 7.22. The molecule has 0 heterocycles. The van der Waals surface area contributed by atoms with Gasteiger partial charge in [-0.15, -0.1) is 11.8 Å². The molecule has 0 spiro atoms. The molecule has 0 aliphatic carbocycles. The molecule has 0 aromatic heterocycles. The molecule has 0 radical (unpaired) electrons. The summed E-state index contributed by atoms with van der Waals surface area (Å²) < 4.78 is 8.10. The molecule has 0 fully saturated rings. The molecular formula is C26H24I2O3S. The number of ether oxygens (including phenoxy) is 1. The van der Waals surface area contributed by atoms with Crippen molar-refractivity contribution in [3.63, 3.8) is 0 Å². The maximum atomic E-state index is 11.3. The lowest BCUT2D eigenvalue weighted by Crippen LogP contribution is -2.26. The first-order valence-electron chi connectivity index (χ1n) is 10.2. The van der Waals surface area contributed by atoms with Gasteiger partial charge in [-0.2, -0.15) is 0 Å². The van der Waals surface area contributed by atoms with E-state index in [0.29, 0.717) is 12.2 Å². The number of halogens is 2. The molecular weight excluding hydrogens is 646 g/mol. The fourth-order valence-electron chi connectivity index (χ4n) is 3.19. The first-order valence-corrected chi connectivity index (χ1v) is 13.4. The Morgan fingerprint density at radius 1 is 1.00 bits per heavy atom. The second kappa shape index (κ2) is 12.1. The summed E-state index contributed by atoms with van der Waals surface area (Å²) in [6.07, 6.45) is 1.88. The van der Waals surface area contributed by atoms with Crippen molar-refractivity contribution in [1.82, 2.24) is 0 Å². The van der Waals surface area contributed by atoms with Crippen LogP contribution in [0.15, 0.2) is 77.7 Å². The number of hydrogen-bond acceptors (Lipinski definition) is 3. The lowest BCUT2D eigenvalue weighted by molar-refractivity contribution is -0.145. The van der Waals surface area contributed by atoms with Gasteiger partial charge in [0, 0.05) is 17.8 Å². The molecule has 166 valence electrons. The Kier molecular flexibility index (Phi) is 9.48. The maximum absolute atomic E-state index is 11.3. The van der Waals surface area contributed by atoms with E-state index in [1.165, 1.54) is 23.8 Å². The molecule has 1 unspecified atom stereocenters. The minimum atomic E-state index is -0.936. The summed E-state index contributed by atoms with van der Waals surface area (Å²) in [5.74, 6) is 0.506. The number of rotatable bonds is 9. The van der Waals surface area contributed by atoms with Crippen LogP contribution in [0.2, 0.25) is 0 Å². The molecule has 0 bridgehead atoms. The Hall–Kier alpha value is -1.52. The number of thioether (sulfide) groups is 1. The molecule has 1 N–H and O–H groups in total. The zero-order valence-corrected chi connectivity index (χ0v) is 23.0. The van der Waals surface area contributed by atoms with Crippen LogP contribution in [0.3, 0.4) is 0 Å². The maximum Gasteiger partial charge on any atom is 0.344 e. The van der Waals surface area contributed by atoms with Gasteiger partial charge in [-0.1, -0.05) is 37.3 Å². The fraction of sp³-hybridized carbons (Fsp3) is 0.192. The van der Waals surface area contributed by atoms with Gasteiger partial charge in [0.15, 0.2) is 6.10 Å². The average molecular weight is 670 g/mol. The van der Waals surface area contributed by atoms with Crippen molar-refractivity contribution in [3.05, 3.63) is 96.6 Å². The lowest BCUT2D eigenvalue weighted by Gasteiger charge is -2.15. The van der Waals surface area contributed by atoms with E-state index in [1.807, 2.05) is 26.0 Å². The molecule has 3 aromatic carbocycles. The van der Waals surface area contributed by atoms with E-state index < -0.39 is 12.1 Å². The van der Waals surface area contributed by atoms with Crippen LogP contribution >= 0.6 is 56.9 Å². The van der Waals surface area contributed by atoms with Gasteiger partial charge >= 0.3 is 5.97 Å². The smallest absolute Gasteiger partial charge is 0.344 e. The van der Waals surface area contributed by atoms with Crippen LogP contribution < -0.4 is 4.74 Å². The molecule has 3 nitrogen and oxygen atoms in total. The van der Waals surface area contributed by atoms with Gasteiger partial charge in [-0.05, 0) is 123 Å². The Balaban J connectivity index is 1.77. The van der Waals surface area contributed by atoms with Crippen molar-refractivity contribution >= 4 is 68.5 Å². The number of carboxylic acid groups (broad SMARTS) is 1. The highest BCUT2D eigenvalue weighted by Gasteiger charge is 2.17. The largest absolute Gasteiger partial charge is 0.479 e. The normalized spacial score (nSPS) is 11.6. The summed E-state index contributed by atoms with van der Waals surface area (Å²) in [6.45, 7) is 3.76. The number of aliphatic carboxylic acids is 1. The minimum absolute atomic E-state index is 0.427. The average Bonchev–Trinajstić information content (AvgIpc) is 2.77. The Morgan fingerprint density at radius 2 is 1.56 bits per heavy atom. The third-order valence-corrected chi connectivity index (χ3v) is 7.27. The highest BCUT2D eigenvalue weighted by Crippen LogP contribution is 2.29. The van der Waals surface area contributed by atoms with Gasteiger partial charge in [-0.25, -0.2) is 4.79 Å². The van der Waals surface area contributed by atoms with Crippen LogP contribution in [0, 0.1) is 14.1 Å². The molecule has 0 aliphatic rings. The molecule has 0 aliphatic heterocycles. The van der Waals surface area contributed by atoms with E-state index in [0.717, 1.165) is 16.2 Å². The minimum Gasteiger partial charge on any atom is -0.479 e. The first-order chi connectivity index (χ1) is 15.4. The van der Waals surface area contributed by atoms with Gasteiger partial charge < -0.3 is 9.84 Å². The second-order valence-corrected chi connectivity index (χ2v) is 10.8. The van der Waals surface area contributed by atoms with Crippen molar-refractivity contribution in [2.45, 2.75) is 31.3 Å². The van der Waals surface area contributed by atoms with Crippen LogP contribution in [-0.2, 0) is 4.79 Å². The van der Waals surface area contributed by atoms with Crippen molar-refractivity contribution in [1.29, 1.82) is 0 Å².